The molecule has 0 aliphatic carbocycles. The van der Waals surface area contributed by atoms with Crippen LogP contribution in [0.25, 0.3) is 11.0 Å². The molecule has 0 spiro atoms. The molecule has 11 nitrogen and oxygen atoms in total. The van der Waals surface area contributed by atoms with Gasteiger partial charge in [-0.3, -0.25) is 4.90 Å². The third kappa shape index (κ3) is 6.54. The maximum atomic E-state index is 14.8. The van der Waals surface area contributed by atoms with Crippen LogP contribution in [0.15, 0.2) is 42.6 Å². The molecule has 43 heavy (non-hydrogen) atoms. The molecule has 0 unspecified atom stereocenters. The number of benzene rings is 2. The highest BCUT2D eigenvalue weighted by atomic mass is 35.5. The number of hydrogen-bond donors (Lipinski definition) is 2. The van der Waals surface area contributed by atoms with Crippen LogP contribution >= 0.6 is 11.6 Å². The summed E-state index contributed by atoms with van der Waals surface area (Å²) in [5.41, 5.74) is 1.99. The standard InChI is InChI=1S/C29H29ClF2N6O4.H3N/c1-17-13-37(27-23(32)12-33-29(35-27)42-16-19-2-4-20(30)11-22(19)31)8-7-36(17)15-26-34-24-5-3-18(28(39)40)10-25(24)38(26)14-21-6-9-41-21;/h2-5,10-12,17,21H,6-9,13-16H2,1H3,(H,39,40);1H3/t17-,21-;/m0./s1. The van der Waals surface area contributed by atoms with E-state index in [1.165, 1.54) is 12.1 Å². The average molecular weight is 616 g/mol. The van der Waals surface area contributed by atoms with Gasteiger partial charge in [0.15, 0.2) is 11.6 Å². The Hall–Kier alpha value is -3.91. The molecule has 2 fully saturated rings. The van der Waals surface area contributed by atoms with Crippen LogP contribution in [-0.2, 0) is 24.4 Å². The molecule has 4 aromatic rings. The predicted molar refractivity (Wildman–Crippen MR) is 156 cm³/mol. The minimum absolute atomic E-state index is 0. The molecule has 4 heterocycles. The summed E-state index contributed by atoms with van der Waals surface area (Å²) in [7, 11) is 0. The fourth-order valence-corrected chi connectivity index (χ4v) is 5.44. The number of nitrogens with zero attached hydrogens (tertiary/aromatic N) is 6. The van der Waals surface area contributed by atoms with Gasteiger partial charge >= 0.3 is 12.0 Å². The summed E-state index contributed by atoms with van der Waals surface area (Å²) < 4.78 is 42.3. The summed E-state index contributed by atoms with van der Waals surface area (Å²) in [6.07, 6.45) is 2.07. The Kier molecular flexibility index (Phi) is 9.06. The normalized spacial score (nSPS) is 18.7. The van der Waals surface area contributed by atoms with Gasteiger partial charge in [-0.25, -0.2) is 23.5 Å². The molecular weight excluding hydrogens is 584 g/mol. The lowest BCUT2D eigenvalue weighted by atomic mass is 10.1. The number of rotatable bonds is 9. The molecule has 0 amide bonds. The van der Waals surface area contributed by atoms with E-state index in [-0.39, 0.29) is 52.9 Å². The molecule has 4 N–H and O–H groups in total. The van der Waals surface area contributed by atoms with Gasteiger partial charge in [0, 0.05) is 42.9 Å². The Morgan fingerprint density at radius 3 is 2.67 bits per heavy atom. The van der Waals surface area contributed by atoms with Crippen molar-refractivity contribution in [3.63, 3.8) is 0 Å². The number of piperazine rings is 1. The summed E-state index contributed by atoms with van der Waals surface area (Å²) in [6, 6.07) is 9.20. The van der Waals surface area contributed by atoms with E-state index in [4.69, 9.17) is 26.1 Å². The smallest absolute Gasteiger partial charge is 0.335 e. The van der Waals surface area contributed by atoms with E-state index in [1.807, 2.05) is 4.90 Å². The zero-order valence-electron chi connectivity index (χ0n) is 23.5. The van der Waals surface area contributed by atoms with Crippen LogP contribution in [0.4, 0.5) is 14.6 Å². The molecule has 228 valence electrons. The second-order valence-corrected chi connectivity index (χ2v) is 11.0. The highest BCUT2D eigenvalue weighted by molar-refractivity contribution is 6.30. The molecule has 6 rings (SSSR count). The predicted octanol–water partition coefficient (Wildman–Crippen LogP) is 4.70. The van der Waals surface area contributed by atoms with Gasteiger partial charge in [-0.1, -0.05) is 17.7 Å². The highest BCUT2D eigenvalue weighted by Gasteiger charge is 2.29. The number of fused-ring (bicyclic) bond motifs is 1. The van der Waals surface area contributed by atoms with Crippen molar-refractivity contribution in [2.75, 3.05) is 31.1 Å². The van der Waals surface area contributed by atoms with Crippen molar-refractivity contribution < 1.29 is 28.2 Å². The number of anilines is 1. The minimum Gasteiger partial charge on any atom is -0.478 e. The number of ether oxygens (including phenoxy) is 2. The molecular formula is C29H32ClF2N7O4. The van der Waals surface area contributed by atoms with Gasteiger partial charge in [0.1, 0.15) is 18.2 Å². The van der Waals surface area contributed by atoms with Crippen molar-refractivity contribution in [1.29, 1.82) is 0 Å². The lowest BCUT2D eigenvalue weighted by Gasteiger charge is -2.40. The summed E-state index contributed by atoms with van der Waals surface area (Å²) >= 11 is 5.81. The number of hydrogen-bond acceptors (Lipinski definition) is 9. The van der Waals surface area contributed by atoms with Gasteiger partial charge < -0.3 is 30.2 Å². The minimum atomic E-state index is -0.988. The first-order valence-electron chi connectivity index (χ1n) is 13.7. The third-order valence-electron chi connectivity index (χ3n) is 7.74. The topological polar surface area (TPSA) is 141 Å². The summed E-state index contributed by atoms with van der Waals surface area (Å²) in [5, 5.41) is 9.78. The van der Waals surface area contributed by atoms with Crippen LogP contribution < -0.4 is 15.8 Å². The lowest BCUT2D eigenvalue weighted by molar-refractivity contribution is -0.0592. The number of carboxylic acids is 1. The van der Waals surface area contributed by atoms with Gasteiger partial charge in [0.25, 0.3) is 0 Å². The van der Waals surface area contributed by atoms with E-state index in [9.17, 15) is 18.7 Å². The van der Waals surface area contributed by atoms with Gasteiger partial charge in [-0.15, -0.1) is 0 Å². The number of halogens is 3. The quantitative estimate of drug-likeness (QED) is 0.272. The van der Waals surface area contributed by atoms with Gasteiger partial charge in [0.05, 0.1) is 42.0 Å². The van der Waals surface area contributed by atoms with Crippen LogP contribution in [-0.4, -0.2) is 73.9 Å². The van der Waals surface area contributed by atoms with Crippen molar-refractivity contribution in [3.8, 4) is 6.01 Å². The van der Waals surface area contributed by atoms with Crippen molar-refractivity contribution in [3.05, 3.63) is 76.2 Å². The van der Waals surface area contributed by atoms with Crippen LogP contribution in [0.1, 0.15) is 35.1 Å². The first-order valence-corrected chi connectivity index (χ1v) is 14.1. The highest BCUT2D eigenvalue weighted by Crippen LogP contribution is 2.27. The number of aromatic carboxylic acids is 1. The first-order chi connectivity index (χ1) is 20.2. The third-order valence-corrected chi connectivity index (χ3v) is 7.97. The van der Waals surface area contributed by atoms with Gasteiger partial charge in [0.2, 0.25) is 0 Å². The molecule has 2 aromatic heterocycles. The SMILES string of the molecule is C[C@H]1CN(c2nc(OCc3ccc(Cl)cc3F)ncc2F)CCN1Cc1nc2ccc(C(=O)O)cc2n1C[C@@H]1CCO1.N. The van der Waals surface area contributed by atoms with Gasteiger partial charge in [-0.2, -0.15) is 4.98 Å². The summed E-state index contributed by atoms with van der Waals surface area (Å²) in [4.78, 5) is 28.7. The van der Waals surface area contributed by atoms with E-state index in [1.54, 1.807) is 24.3 Å². The zero-order valence-corrected chi connectivity index (χ0v) is 24.3. The van der Waals surface area contributed by atoms with Crippen molar-refractivity contribution in [1.82, 2.24) is 30.6 Å². The number of carbonyl (C=O) groups is 1. The molecule has 2 saturated heterocycles. The van der Waals surface area contributed by atoms with E-state index < -0.39 is 17.6 Å². The Bertz CT molecular complexity index is 1630. The van der Waals surface area contributed by atoms with Crippen LogP contribution in [0.2, 0.25) is 5.02 Å². The molecule has 2 aliphatic rings. The van der Waals surface area contributed by atoms with Gasteiger partial charge in [-0.05, 0) is 43.7 Å². The van der Waals surface area contributed by atoms with E-state index in [2.05, 4.69) is 26.4 Å². The molecule has 2 aliphatic heterocycles. The van der Waals surface area contributed by atoms with Crippen molar-refractivity contribution in [2.45, 2.75) is 45.2 Å². The maximum absolute atomic E-state index is 14.8. The maximum Gasteiger partial charge on any atom is 0.335 e. The second kappa shape index (κ2) is 12.8. The second-order valence-electron chi connectivity index (χ2n) is 10.5. The zero-order chi connectivity index (χ0) is 29.4. The molecule has 2 atom stereocenters. The largest absolute Gasteiger partial charge is 0.478 e. The first kappa shape index (κ1) is 30.5. The number of carboxylic acid groups (broad SMARTS) is 1. The van der Waals surface area contributed by atoms with Crippen LogP contribution in [0, 0.1) is 11.6 Å². The summed E-state index contributed by atoms with van der Waals surface area (Å²) in [5.74, 6) is -1.12. The van der Waals surface area contributed by atoms with Crippen LogP contribution in [0.3, 0.4) is 0 Å². The fourth-order valence-electron chi connectivity index (χ4n) is 5.28. The molecule has 2 aromatic carbocycles. The Balaban J connectivity index is 0.00000368. The molecule has 0 radical (unpaired) electrons. The molecule has 0 saturated carbocycles. The Morgan fingerprint density at radius 2 is 1.98 bits per heavy atom. The van der Waals surface area contributed by atoms with E-state index in [0.29, 0.717) is 32.7 Å². The van der Waals surface area contributed by atoms with Crippen LogP contribution in [0.5, 0.6) is 6.01 Å². The summed E-state index contributed by atoms with van der Waals surface area (Å²) in [6.45, 7) is 5.38. The molecule has 14 heteroatoms. The fraction of sp³-hybridized carbons (Fsp3) is 0.379. The van der Waals surface area contributed by atoms with E-state index >= 15 is 0 Å². The van der Waals surface area contributed by atoms with Crippen molar-refractivity contribution in [2.24, 2.45) is 0 Å². The number of imidazole rings is 1. The lowest BCUT2D eigenvalue weighted by Crippen LogP contribution is -2.52. The monoisotopic (exact) mass is 615 g/mol. The Morgan fingerprint density at radius 1 is 1.16 bits per heavy atom. The van der Waals surface area contributed by atoms with Crippen molar-refractivity contribution >= 4 is 34.4 Å². The Labute approximate surface area is 251 Å². The molecule has 0 bridgehead atoms. The average Bonchev–Trinajstić information content (AvgIpc) is 3.28. The number of aromatic nitrogens is 4. The van der Waals surface area contributed by atoms with E-state index in [0.717, 1.165) is 36.1 Å².